The van der Waals surface area contributed by atoms with Gasteiger partial charge in [-0.1, -0.05) is 0 Å². The van der Waals surface area contributed by atoms with Crippen molar-refractivity contribution in [3.63, 3.8) is 0 Å². The van der Waals surface area contributed by atoms with Crippen LogP contribution in [-0.4, -0.2) is 55.5 Å². The maximum atomic E-state index is 13.2. The van der Waals surface area contributed by atoms with E-state index in [-0.39, 0.29) is 18.3 Å². The van der Waals surface area contributed by atoms with Gasteiger partial charge in [-0.15, -0.1) is 0 Å². The van der Waals surface area contributed by atoms with Crippen molar-refractivity contribution in [1.29, 1.82) is 0 Å². The molecule has 2 aromatic rings. The van der Waals surface area contributed by atoms with E-state index in [1.807, 2.05) is 0 Å². The minimum Gasteiger partial charge on any atom is -0.481 e. The molecule has 2 atom stereocenters. The smallest absolute Gasteiger partial charge is 0.419 e. The zero-order valence-electron chi connectivity index (χ0n) is 21.6. The van der Waals surface area contributed by atoms with E-state index in [4.69, 9.17) is 9.47 Å². The van der Waals surface area contributed by atoms with Gasteiger partial charge in [-0.2, -0.15) is 0 Å². The van der Waals surface area contributed by atoms with E-state index in [2.05, 4.69) is 4.98 Å². The molecule has 0 unspecified atom stereocenters. The maximum Gasteiger partial charge on any atom is 0.419 e. The van der Waals surface area contributed by atoms with Crippen LogP contribution in [0, 0.1) is 11.7 Å². The Morgan fingerprint density at radius 3 is 2.14 bits per heavy atom. The fraction of sp³-hybridized carbons (Fsp3) is 0.538. The number of benzene rings is 1. The first kappa shape index (κ1) is 27.2. The molecule has 1 aliphatic rings. The van der Waals surface area contributed by atoms with E-state index in [0.717, 1.165) is 4.90 Å². The lowest BCUT2D eigenvalue weighted by atomic mass is 9.97. The van der Waals surface area contributed by atoms with Crippen LogP contribution < -0.4 is 0 Å². The Balaban J connectivity index is 1.69. The van der Waals surface area contributed by atoms with Crippen molar-refractivity contribution in [1.82, 2.24) is 14.5 Å². The lowest BCUT2D eigenvalue weighted by Crippen LogP contribution is -2.44. The van der Waals surface area contributed by atoms with E-state index >= 15 is 0 Å². The van der Waals surface area contributed by atoms with Crippen molar-refractivity contribution in [3.8, 4) is 5.69 Å². The molecular weight excluding hydrogens is 469 g/mol. The topological polar surface area (TPSA) is 111 Å². The van der Waals surface area contributed by atoms with Gasteiger partial charge in [0.05, 0.1) is 12.0 Å². The number of carbonyl (C=O) groups is 3. The second-order valence-electron chi connectivity index (χ2n) is 11.1. The minimum atomic E-state index is -1.14. The summed E-state index contributed by atoms with van der Waals surface area (Å²) in [4.78, 5) is 42.8. The highest BCUT2D eigenvalue weighted by atomic mass is 19.1. The Kier molecular flexibility index (Phi) is 7.48. The van der Waals surface area contributed by atoms with Gasteiger partial charge >= 0.3 is 18.2 Å². The number of imidazole rings is 1. The number of hydrogen-bond donors (Lipinski definition) is 1. The van der Waals surface area contributed by atoms with E-state index in [1.165, 1.54) is 18.5 Å². The minimum absolute atomic E-state index is 0.0278. The van der Waals surface area contributed by atoms with Crippen molar-refractivity contribution in [2.45, 2.75) is 77.4 Å². The highest BCUT2D eigenvalue weighted by Gasteiger charge is 2.62. The summed E-state index contributed by atoms with van der Waals surface area (Å²) in [7, 11) is 0. The molecule has 1 aliphatic carbocycles. The zero-order chi connectivity index (χ0) is 26.9. The summed E-state index contributed by atoms with van der Waals surface area (Å²) in [5, 5.41) is 10.0. The molecule has 1 heterocycles. The quantitative estimate of drug-likeness (QED) is 0.545. The van der Waals surface area contributed by atoms with Crippen LogP contribution in [0.15, 0.2) is 36.8 Å². The number of carboxylic acid groups (broad SMARTS) is 1. The Hall–Kier alpha value is -3.43. The molecule has 10 heteroatoms. The number of nitrogens with zero attached hydrogens (tertiary/aromatic N) is 3. The first-order valence-electron chi connectivity index (χ1n) is 11.9. The van der Waals surface area contributed by atoms with Crippen molar-refractivity contribution < 1.29 is 33.4 Å². The zero-order valence-corrected chi connectivity index (χ0v) is 21.6. The summed E-state index contributed by atoms with van der Waals surface area (Å²) in [6, 6.07) is 5.81. The molecule has 0 spiro atoms. The van der Waals surface area contributed by atoms with E-state index in [1.54, 1.807) is 64.4 Å². The summed E-state index contributed by atoms with van der Waals surface area (Å²) in [5.41, 5.74) is -1.65. The summed E-state index contributed by atoms with van der Waals surface area (Å²) in [6.07, 6.45) is 2.76. The molecule has 2 amide bonds. The summed E-state index contributed by atoms with van der Waals surface area (Å²) < 4.78 is 25.6. The molecule has 1 saturated carbocycles. The largest absolute Gasteiger partial charge is 0.481 e. The first-order chi connectivity index (χ1) is 16.6. The summed E-state index contributed by atoms with van der Waals surface area (Å²) in [6.45, 7) is 10.2. The van der Waals surface area contributed by atoms with E-state index in [9.17, 15) is 23.9 Å². The molecule has 1 aromatic heterocycles. The van der Waals surface area contributed by atoms with Crippen LogP contribution in [0.2, 0.25) is 0 Å². The predicted molar refractivity (Wildman–Crippen MR) is 129 cm³/mol. The standard InChI is InChI=1S/C26H34FN3O6/c1-24(2,3)35-22(33)30(23(34)36-25(4,5)6)13-7-8-17-14-26(17,21(31)32)20-15-29(16-28-20)19-11-9-18(27)10-12-19/h9-12,15-17H,7-8,13-14H2,1-6H3,(H,31,32)/t17-,26+/m0/s1. The van der Waals surface area contributed by atoms with Crippen LogP contribution >= 0.6 is 0 Å². The van der Waals surface area contributed by atoms with Gasteiger partial charge in [0.2, 0.25) is 0 Å². The lowest BCUT2D eigenvalue weighted by molar-refractivity contribution is -0.140. The number of hydrogen-bond acceptors (Lipinski definition) is 6. The Morgan fingerprint density at radius 2 is 1.64 bits per heavy atom. The third-order valence-electron chi connectivity index (χ3n) is 5.81. The number of carboxylic acids is 1. The molecule has 1 aromatic carbocycles. The first-order valence-corrected chi connectivity index (χ1v) is 11.9. The van der Waals surface area contributed by atoms with Crippen LogP contribution in [0.3, 0.4) is 0 Å². The summed E-state index contributed by atoms with van der Waals surface area (Å²) in [5.74, 6) is -1.56. The highest BCUT2D eigenvalue weighted by molar-refractivity contribution is 5.88. The Labute approximate surface area is 210 Å². The SMILES string of the molecule is CC(C)(C)OC(=O)N(CCC[C@H]1C[C@]1(C(=O)O)c1cn(-c2ccc(F)cc2)cn1)C(=O)OC(C)(C)C. The highest BCUT2D eigenvalue weighted by Crippen LogP contribution is 2.56. The van der Waals surface area contributed by atoms with Gasteiger partial charge in [0, 0.05) is 18.4 Å². The van der Waals surface area contributed by atoms with Gasteiger partial charge in [0.15, 0.2) is 0 Å². The van der Waals surface area contributed by atoms with Crippen molar-refractivity contribution in [3.05, 3.63) is 48.3 Å². The van der Waals surface area contributed by atoms with Crippen molar-refractivity contribution in [2.75, 3.05) is 6.54 Å². The monoisotopic (exact) mass is 503 g/mol. The third-order valence-corrected chi connectivity index (χ3v) is 5.81. The number of ether oxygens (including phenoxy) is 2. The van der Waals surface area contributed by atoms with Crippen molar-refractivity contribution in [2.24, 2.45) is 5.92 Å². The van der Waals surface area contributed by atoms with E-state index in [0.29, 0.717) is 30.6 Å². The summed E-state index contributed by atoms with van der Waals surface area (Å²) >= 11 is 0. The molecule has 196 valence electrons. The van der Waals surface area contributed by atoms with Crippen LogP contribution in [0.25, 0.3) is 5.69 Å². The molecule has 0 aliphatic heterocycles. The number of amides is 2. The molecule has 36 heavy (non-hydrogen) atoms. The second kappa shape index (κ2) is 9.91. The molecule has 1 N–H and O–H groups in total. The second-order valence-corrected chi connectivity index (χ2v) is 11.1. The van der Waals surface area contributed by atoms with Gasteiger partial charge in [0.1, 0.15) is 22.4 Å². The van der Waals surface area contributed by atoms with E-state index < -0.39 is 34.8 Å². The molecular formula is C26H34FN3O6. The Bertz CT molecular complexity index is 1090. The molecule has 0 radical (unpaired) electrons. The molecule has 3 rings (SSSR count). The van der Waals surface area contributed by atoms with Gasteiger partial charge in [-0.05, 0) is 91.0 Å². The normalized spacial score (nSPS) is 19.5. The average molecular weight is 504 g/mol. The van der Waals surface area contributed by atoms with Crippen LogP contribution in [0.5, 0.6) is 0 Å². The maximum absolute atomic E-state index is 13.2. The van der Waals surface area contributed by atoms with Gasteiger partial charge in [0.25, 0.3) is 0 Å². The number of aromatic nitrogens is 2. The van der Waals surface area contributed by atoms with Crippen LogP contribution in [0.1, 0.15) is 66.5 Å². The molecule has 0 saturated heterocycles. The average Bonchev–Trinajstić information content (AvgIpc) is 3.25. The number of halogens is 1. The fourth-order valence-electron chi connectivity index (χ4n) is 4.06. The van der Waals surface area contributed by atoms with Crippen molar-refractivity contribution >= 4 is 18.2 Å². The third kappa shape index (κ3) is 6.41. The molecule has 0 bridgehead atoms. The van der Waals surface area contributed by atoms with Crippen LogP contribution in [-0.2, 0) is 19.7 Å². The van der Waals surface area contributed by atoms with Gasteiger partial charge in [-0.25, -0.2) is 23.9 Å². The molecule has 9 nitrogen and oxygen atoms in total. The number of aliphatic carboxylic acids is 1. The predicted octanol–water partition coefficient (Wildman–Crippen LogP) is 5.31. The van der Waals surface area contributed by atoms with Gasteiger partial charge < -0.3 is 19.1 Å². The van der Waals surface area contributed by atoms with Gasteiger partial charge in [-0.3, -0.25) is 4.79 Å². The molecule has 1 fully saturated rings. The number of carbonyl (C=O) groups excluding carboxylic acids is 2. The number of imide groups is 1. The fourth-order valence-corrected chi connectivity index (χ4v) is 4.06. The lowest BCUT2D eigenvalue weighted by Gasteiger charge is -2.28. The Morgan fingerprint density at radius 1 is 1.08 bits per heavy atom. The van der Waals surface area contributed by atoms with Crippen LogP contribution in [0.4, 0.5) is 14.0 Å². The number of rotatable bonds is 7.